The van der Waals surface area contributed by atoms with Gasteiger partial charge in [-0.05, 0) is 22.3 Å². The van der Waals surface area contributed by atoms with Gasteiger partial charge in [0.2, 0.25) is 11.8 Å². The minimum Gasteiger partial charge on any atom is -0.355 e. The van der Waals surface area contributed by atoms with E-state index in [0.29, 0.717) is 13.1 Å². The number of amides is 2. The predicted molar refractivity (Wildman–Crippen MR) is 145 cm³/mol. The average molecular weight is 477 g/mol. The number of benzene rings is 4. The third-order valence-corrected chi connectivity index (χ3v) is 6.39. The lowest BCUT2D eigenvalue weighted by molar-refractivity contribution is -0.126. The number of carbonyl (C=O) groups excluding carboxylic acids is 2. The molecule has 0 bridgehead atoms. The third kappa shape index (κ3) is 7.16. The molecule has 0 saturated heterocycles. The van der Waals surface area contributed by atoms with E-state index in [1.54, 1.807) is 0 Å². The molecule has 0 radical (unpaired) electrons. The quantitative estimate of drug-likeness (QED) is 0.293. The lowest BCUT2D eigenvalue weighted by atomic mass is 9.91. The first-order chi connectivity index (χ1) is 17.7. The standard InChI is InChI=1S/C32H32N2O2/c35-31(33-23-29(25-13-5-1-6-14-25)26-15-7-2-8-16-26)21-22-32(36)34-24-30(27-17-9-3-10-18-27)28-19-11-4-12-20-28/h1-20,29-30H,21-24H2,(H,33,35)(H,34,36). The molecule has 0 aliphatic heterocycles. The van der Waals surface area contributed by atoms with Crippen LogP contribution in [0.25, 0.3) is 0 Å². The van der Waals surface area contributed by atoms with E-state index in [1.165, 1.54) is 0 Å². The second kappa shape index (κ2) is 13.1. The number of hydrogen-bond donors (Lipinski definition) is 2. The first-order valence-electron chi connectivity index (χ1n) is 12.4. The van der Waals surface area contributed by atoms with Crippen LogP contribution in [0.2, 0.25) is 0 Å². The Morgan fingerprint density at radius 1 is 0.444 bits per heavy atom. The highest BCUT2D eigenvalue weighted by molar-refractivity contribution is 5.83. The maximum atomic E-state index is 12.6. The van der Waals surface area contributed by atoms with Gasteiger partial charge in [-0.25, -0.2) is 0 Å². The first-order valence-corrected chi connectivity index (χ1v) is 12.4. The first kappa shape index (κ1) is 24.9. The lowest BCUT2D eigenvalue weighted by Crippen LogP contribution is -2.32. The minimum absolute atomic E-state index is 0.0580. The minimum atomic E-state index is -0.121. The second-order valence-corrected chi connectivity index (χ2v) is 8.86. The lowest BCUT2D eigenvalue weighted by Gasteiger charge is -2.19. The molecule has 2 amide bonds. The molecule has 0 heterocycles. The Balaban J connectivity index is 1.29. The van der Waals surface area contributed by atoms with Gasteiger partial charge in [-0.1, -0.05) is 121 Å². The summed E-state index contributed by atoms with van der Waals surface area (Å²) in [6, 6.07) is 40.6. The van der Waals surface area contributed by atoms with E-state index in [2.05, 4.69) is 59.2 Å². The summed E-state index contributed by atoms with van der Waals surface area (Å²) in [6.45, 7) is 0.969. The molecule has 0 fully saturated rings. The number of carbonyl (C=O) groups is 2. The van der Waals surface area contributed by atoms with Gasteiger partial charge in [0.05, 0.1) is 0 Å². The summed E-state index contributed by atoms with van der Waals surface area (Å²) < 4.78 is 0. The molecule has 4 nitrogen and oxygen atoms in total. The Bertz CT molecular complexity index is 1030. The van der Waals surface area contributed by atoms with E-state index in [4.69, 9.17) is 0 Å². The third-order valence-electron chi connectivity index (χ3n) is 6.39. The largest absolute Gasteiger partial charge is 0.355 e. The van der Waals surface area contributed by atoms with Crippen LogP contribution in [0.5, 0.6) is 0 Å². The van der Waals surface area contributed by atoms with E-state index in [-0.39, 0.29) is 36.5 Å². The van der Waals surface area contributed by atoms with Crippen LogP contribution in [-0.4, -0.2) is 24.9 Å². The molecule has 0 aliphatic rings. The molecule has 4 heteroatoms. The molecule has 2 N–H and O–H groups in total. The SMILES string of the molecule is O=C(CCC(=O)NCC(c1ccccc1)c1ccccc1)NCC(c1ccccc1)c1ccccc1. The molecule has 36 heavy (non-hydrogen) atoms. The van der Waals surface area contributed by atoms with E-state index >= 15 is 0 Å². The fourth-order valence-corrected chi connectivity index (χ4v) is 4.43. The van der Waals surface area contributed by atoms with Gasteiger partial charge in [0.25, 0.3) is 0 Å². The van der Waals surface area contributed by atoms with Crippen molar-refractivity contribution in [3.63, 3.8) is 0 Å². The zero-order chi connectivity index (χ0) is 25.0. The zero-order valence-corrected chi connectivity index (χ0v) is 20.3. The molecule has 4 rings (SSSR count). The summed E-state index contributed by atoms with van der Waals surface area (Å²) in [6.07, 6.45) is 0.312. The van der Waals surface area contributed by atoms with Gasteiger partial charge in [-0.2, -0.15) is 0 Å². The molecule has 0 spiro atoms. The van der Waals surface area contributed by atoms with Crippen LogP contribution in [-0.2, 0) is 9.59 Å². The van der Waals surface area contributed by atoms with Gasteiger partial charge in [0, 0.05) is 37.8 Å². The maximum absolute atomic E-state index is 12.6. The Kier molecular flexibility index (Phi) is 9.04. The molecule has 0 unspecified atom stereocenters. The van der Waals surface area contributed by atoms with Gasteiger partial charge in [-0.3, -0.25) is 9.59 Å². The van der Waals surface area contributed by atoms with Crippen molar-refractivity contribution in [3.8, 4) is 0 Å². The molecule has 0 atom stereocenters. The van der Waals surface area contributed by atoms with Crippen LogP contribution in [0.1, 0.15) is 46.9 Å². The predicted octanol–water partition coefficient (Wildman–Crippen LogP) is 5.66. The van der Waals surface area contributed by atoms with Crippen molar-refractivity contribution in [2.45, 2.75) is 24.7 Å². The molecular formula is C32H32N2O2. The van der Waals surface area contributed by atoms with Gasteiger partial charge >= 0.3 is 0 Å². The van der Waals surface area contributed by atoms with Gasteiger partial charge in [0.1, 0.15) is 0 Å². The van der Waals surface area contributed by atoms with Crippen LogP contribution in [0.4, 0.5) is 0 Å². The summed E-state index contributed by atoms with van der Waals surface area (Å²) in [5.41, 5.74) is 4.59. The second-order valence-electron chi connectivity index (χ2n) is 8.86. The van der Waals surface area contributed by atoms with Crippen molar-refractivity contribution in [2.75, 3.05) is 13.1 Å². The highest BCUT2D eigenvalue weighted by Crippen LogP contribution is 2.25. The topological polar surface area (TPSA) is 58.2 Å². The van der Waals surface area contributed by atoms with E-state index in [1.807, 2.05) is 72.8 Å². The van der Waals surface area contributed by atoms with Crippen LogP contribution in [0.15, 0.2) is 121 Å². The molecule has 0 saturated carbocycles. The van der Waals surface area contributed by atoms with Crippen molar-refractivity contribution in [1.29, 1.82) is 0 Å². The Morgan fingerprint density at radius 3 is 0.944 bits per heavy atom. The van der Waals surface area contributed by atoms with Crippen molar-refractivity contribution >= 4 is 11.8 Å². The maximum Gasteiger partial charge on any atom is 0.220 e. The van der Waals surface area contributed by atoms with Crippen LogP contribution in [0.3, 0.4) is 0 Å². The fraction of sp³-hybridized carbons (Fsp3) is 0.188. The van der Waals surface area contributed by atoms with Gasteiger partial charge in [-0.15, -0.1) is 0 Å². The normalized spacial score (nSPS) is 10.8. The molecule has 0 aromatic heterocycles. The summed E-state index contributed by atoms with van der Waals surface area (Å²) in [4.78, 5) is 25.2. The summed E-state index contributed by atoms with van der Waals surface area (Å²) in [5, 5.41) is 6.07. The highest BCUT2D eigenvalue weighted by atomic mass is 16.2. The van der Waals surface area contributed by atoms with Crippen LogP contribution >= 0.6 is 0 Å². The van der Waals surface area contributed by atoms with E-state index < -0.39 is 0 Å². The van der Waals surface area contributed by atoms with Gasteiger partial charge < -0.3 is 10.6 Å². The summed E-state index contributed by atoms with van der Waals surface area (Å²) in [7, 11) is 0. The zero-order valence-electron chi connectivity index (χ0n) is 20.3. The van der Waals surface area contributed by atoms with Crippen LogP contribution in [0, 0.1) is 0 Å². The van der Waals surface area contributed by atoms with E-state index in [0.717, 1.165) is 22.3 Å². The number of rotatable bonds is 11. The van der Waals surface area contributed by atoms with Gasteiger partial charge in [0.15, 0.2) is 0 Å². The average Bonchev–Trinajstić information content (AvgIpc) is 2.94. The van der Waals surface area contributed by atoms with E-state index in [9.17, 15) is 9.59 Å². The summed E-state index contributed by atoms with van der Waals surface area (Å²) >= 11 is 0. The molecule has 4 aromatic carbocycles. The summed E-state index contributed by atoms with van der Waals surface area (Å²) in [5.74, 6) is -0.125. The molecule has 4 aromatic rings. The van der Waals surface area contributed by atoms with Crippen molar-refractivity contribution in [1.82, 2.24) is 10.6 Å². The number of hydrogen-bond acceptors (Lipinski definition) is 2. The molecular weight excluding hydrogens is 444 g/mol. The van der Waals surface area contributed by atoms with Crippen molar-refractivity contribution < 1.29 is 9.59 Å². The smallest absolute Gasteiger partial charge is 0.220 e. The molecule has 0 aliphatic carbocycles. The Morgan fingerprint density at radius 2 is 0.694 bits per heavy atom. The fourth-order valence-electron chi connectivity index (χ4n) is 4.43. The van der Waals surface area contributed by atoms with Crippen molar-refractivity contribution in [2.24, 2.45) is 0 Å². The van der Waals surface area contributed by atoms with Crippen LogP contribution < -0.4 is 10.6 Å². The Labute approximate surface area is 213 Å². The van der Waals surface area contributed by atoms with Crippen molar-refractivity contribution in [3.05, 3.63) is 144 Å². The number of nitrogens with one attached hydrogen (secondary N) is 2. The monoisotopic (exact) mass is 476 g/mol. The highest BCUT2D eigenvalue weighted by Gasteiger charge is 2.17. The Hall–Kier alpha value is -4.18. The molecule has 182 valence electrons.